The molecule has 10 unspecified atom stereocenters. The summed E-state index contributed by atoms with van der Waals surface area (Å²) in [6.45, 7) is 14.8. The number of pyridine rings is 1. The van der Waals surface area contributed by atoms with Crippen LogP contribution in [-0.4, -0.2) is 181 Å². The van der Waals surface area contributed by atoms with E-state index in [4.69, 9.17) is 42.6 Å². The number of aliphatic hydroxyl groups is 2. The van der Waals surface area contributed by atoms with Gasteiger partial charge in [0.15, 0.2) is 24.3 Å². The molecule has 5 rings (SSSR count). The predicted octanol–water partition coefficient (Wildman–Crippen LogP) is 4.71. The van der Waals surface area contributed by atoms with Crippen molar-refractivity contribution in [1.29, 1.82) is 0 Å². The van der Waals surface area contributed by atoms with Gasteiger partial charge in [-0.25, -0.2) is 0 Å². The molecule has 2 N–H and O–H groups in total. The van der Waals surface area contributed by atoms with E-state index >= 15 is 0 Å². The molecule has 3 aliphatic rings. The second-order valence-electron chi connectivity index (χ2n) is 20.2. The lowest BCUT2D eigenvalue weighted by molar-refractivity contribution is -0.344. The number of ether oxygens (including phenoxy) is 9. The molecule has 0 saturated carbocycles. The van der Waals surface area contributed by atoms with Crippen LogP contribution in [0.4, 0.5) is 0 Å². The quantitative estimate of drug-likeness (QED) is 0.124. The third kappa shape index (κ3) is 15.7. The van der Waals surface area contributed by atoms with Crippen molar-refractivity contribution in [2.45, 2.75) is 198 Å². The van der Waals surface area contributed by atoms with Crippen molar-refractivity contribution in [3.63, 3.8) is 0 Å². The van der Waals surface area contributed by atoms with E-state index < -0.39 is 127 Å². The number of rotatable bonds is 17. The van der Waals surface area contributed by atoms with Crippen molar-refractivity contribution in [3.05, 3.63) is 42.1 Å². The van der Waals surface area contributed by atoms with Gasteiger partial charge in [0, 0.05) is 64.4 Å². The number of likely N-dealkylation sites (N-methyl/N-ethyl adjacent to an activating group) is 1. The van der Waals surface area contributed by atoms with Crippen molar-refractivity contribution in [1.82, 2.24) is 14.8 Å². The van der Waals surface area contributed by atoms with E-state index in [0.717, 1.165) is 30.0 Å². The van der Waals surface area contributed by atoms with Crippen LogP contribution < -0.4 is 0 Å². The fourth-order valence-electron chi connectivity index (χ4n) is 10.5. The molecule has 404 valence electrons. The van der Waals surface area contributed by atoms with Crippen molar-refractivity contribution in [2.75, 3.05) is 40.8 Å². The number of β-amino-alcohol motifs (C(OH)–C–C–N with tert-alkyl or cyclic N) is 1. The van der Waals surface area contributed by atoms with Gasteiger partial charge in [0.25, 0.3) is 0 Å². The number of methoxy groups -OCH3 is 1. The average Bonchev–Trinajstić information content (AvgIpc) is 3.32. The highest BCUT2D eigenvalue weighted by atomic mass is 16.7. The first-order valence-electron chi connectivity index (χ1n) is 25.7. The summed E-state index contributed by atoms with van der Waals surface area (Å²) < 4.78 is 55.7. The Morgan fingerprint density at radius 2 is 1.67 bits per heavy atom. The lowest BCUT2D eigenvalue weighted by Crippen LogP contribution is -2.66. The fourth-order valence-corrected chi connectivity index (χ4v) is 10.5. The first kappa shape index (κ1) is 58.7. The third-order valence-corrected chi connectivity index (χ3v) is 14.3. The fraction of sp³-hybridized carbons (Fsp3) is 0.736. The molecule has 3 aliphatic heterocycles. The van der Waals surface area contributed by atoms with Crippen LogP contribution in [0.15, 0.2) is 36.5 Å². The van der Waals surface area contributed by atoms with Crippen LogP contribution in [0.25, 0.3) is 10.9 Å². The monoisotopic (exact) mass is 1020 g/mol. The number of carbonyl (C=O) groups excluding carboxylic acids is 5. The van der Waals surface area contributed by atoms with Gasteiger partial charge < -0.3 is 67.4 Å². The van der Waals surface area contributed by atoms with Crippen molar-refractivity contribution >= 4 is 41.1 Å². The number of aldehydes is 1. The molecule has 1 aromatic carbocycles. The number of para-hydroxylation sites is 1. The Bertz CT molecular complexity index is 2070. The smallest absolute Gasteiger partial charge is 0.309 e. The summed E-state index contributed by atoms with van der Waals surface area (Å²) in [5, 5.41) is 25.4. The number of nitrogens with zero attached hydrogens (tertiary/aromatic N) is 3. The molecule has 19 nitrogen and oxygen atoms in total. The van der Waals surface area contributed by atoms with Gasteiger partial charge in [-0.3, -0.25) is 24.2 Å². The van der Waals surface area contributed by atoms with Crippen LogP contribution in [0, 0.1) is 11.8 Å². The van der Waals surface area contributed by atoms with E-state index in [-0.39, 0.29) is 32.1 Å². The highest BCUT2D eigenvalue weighted by molar-refractivity contribution is 5.81. The second-order valence-corrected chi connectivity index (χ2v) is 20.2. The average molecular weight is 1020 g/mol. The molecule has 0 aliphatic carbocycles. The summed E-state index contributed by atoms with van der Waals surface area (Å²) in [5.74, 6) is -3.46. The van der Waals surface area contributed by atoms with Gasteiger partial charge in [-0.1, -0.05) is 39.0 Å². The minimum Gasteiger partial charge on any atom is -0.463 e. The summed E-state index contributed by atoms with van der Waals surface area (Å²) in [4.78, 5) is 72.9. The summed E-state index contributed by atoms with van der Waals surface area (Å²) in [7, 11) is 4.89. The third-order valence-electron chi connectivity index (χ3n) is 14.3. The molecular formula is C53H81N3O16. The summed E-state index contributed by atoms with van der Waals surface area (Å²) in [5.41, 5.74) is 0.769. The Morgan fingerprint density at radius 3 is 2.33 bits per heavy atom. The van der Waals surface area contributed by atoms with Crippen LogP contribution in [-0.2, 0) is 73.0 Å². The maximum atomic E-state index is 13.8. The number of benzene rings is 1. The molecule has 0 radical (unpaired) electrons. The largest absolute Gasteiger partial charge is 0.463 e. The normalized spacial score (nSPS) is 34.6. The van der Waals surface area contributed by atoms with Gasteiger partial charge in [0.2, 0.25) is 0 Å². The minimum atomic E-state index is -1.43. The highest BCUT2D eigenvalue weighted by Gasteiger charge is 2.54. The van der Waals surface area contributed by atoms with Crippen LogP contribution >= 0.6 is 0 Å². The molecule has 3 saturated heterocycles. The summed E-state index contributed by atoms with van der Waals surface area (Å²) >= 11 is 0. The van der Waals surface area contributed by atoms with Crippen LogP contribution in [0.2, 0.25) is 0 Å². The number of hydrogen-bond donors (Lipinski definition) is 2. The number of cyclic esters (lactones) is 1. The Labute approximate surface area is 424 Å². The first-order chi connectivity index (χ1) is 34.2. The molecule has 0 spiro atoms. The summed E-state index contributed by atoms with van der Waals surface area (Å²) in [6, 6.07) is 9.22. The maximum Gasteiger partial charge on any atom is 0.309 e. The van der Waals surface area contributed by atoms with Crippen molar-refractivity contribution in [2.24, 2.45) is 11.8 Å². The van der Waals surface area contributed by atoms with Gasteiger partial charge in [-0.05, 0) is 104 Å². The molecule has 1 aromatic heterocycles. The Hall–Kier alpha value is -4.18. The van der Waals surface area contributed by atoms with E-state index in [0.29, 0.717) is 26.1 Å². The molecule has 3 fully saturated rings. The number of aromatic nitrogens is 1. The Kier molecular flexibility index (Phi) is 22.3. The molecule has 72 heavy (non-hydrogen) atoms. The molecule has 19 heteroatoms. The molecule has 0 bridgehead atoms. The lowest BCUT2D eigenvalue weighted by atomic mass is 9.82. The molecular weight excluding hydrogens is 935 g/mol. The number of esters is 4. The second kappa shape index (κ2) is 27.4. The lowest BCUT2D eigenvalue weighted by Gasteiger charge is -2.50. The van der Waals surface area contributed by atoms with Gasteiger partial charge in [0.05, 0.1) is 42.4 Å². The van der Waals surface area contributed by atoms with Crippen LogP contribution in [0.1, 0.15) is 112 Å². The number of fused-ring (bicyclic) bond motifs is 1. The zero-order valence-corrected chi connectivity index (χ0v) is 44.1. The predicted molar refractivity (Wildman–Crippen MR) is 263 cm³/mol. The summed E-state index contributed by atoms with van der Waals surface area (Å²) in [6.07, 6.45) is -7.87. The number of aliphatic hydroxyl groups excluding tert-OH is 2. The van der Waals surface area contributed by atoms with Gasteiger partial charge in [-0.2, -0.15) is 0 Å². The minimum absolute atomic E-state index is 0.0138. The maximum absolute atomic E-state index is 13.8. The van der Waals surface area contributed by atoms with Crippen molar-refractivity contribution in [3.8, 4) is 0 Å². The van der Waals surface area contributed by atoms with E-state index in [9.17, 15) is 34.2 Å². The first-order valence-corrected chi connectivity index (χ1v) is 25.7. The number of aryl methyl sites for hydroxylation is 1. The zero-order chi connectivity index (χ0) is 52.9. The molecule has 4 heterocycles. The van der Waals surface area contributed by atoms with E-state index in [1.165, 1.54) is 19.6 Å². The van der Waals surface area contributed by atoms with Crippen molar-refractivity contribution < 1.29 is 76.8 Å². The number of hydrogen-bond acceptors (Lipinski definition) is 19. The topological polar surface area (TPSA) is 228 Å². The standard InChI is InChI=1S/C53H81N3O16/c1-12-42(60)68-41-28-44(62)65-32(4)21-25-56(24-16-17-36-20-23-54-39-19-15-14-18-38(36)39)30-40(59)31(3)27-37(22-26-57)49(50(41)64-11)71-52-47(63)46(55(9)10)48(33(5)67-52)70-45-29-53(8,72-35(7)58)51(34(6)66-45)69-43(61)13-2/h14-15,18-20,23,26,31-34,37,40-41,45-52,59,63H,12-13,16-17,21-22,24-25,27-30H2,1-11H3/t31-,32-,33?,34?,37+,40+,41-,45?,46?,47?,48?,49+,50?,51?,52?,53?/m1/s1. The molecule has 2 aromatic rings. The zero-order valence-electron chi connectivity index (χ0n) is 44.1. The van der Waals surface area contributed by atoms with Gasteiger partial charge >= 0.3 is 23.9 Å². The number of carbonyl (C=O) groups is 5. The van der Waals surface area contributed by atoms with Crippen LogP contribution in [0.5, 0.6) is 0 Å². The SMILES string of the molecule is CCC(=O)OC1C(C)OC(OC2C(C)OC(O[C@@H]3C(OC)[C@H](OC(=O)CC)CC(=O)O[C@H](C)CCN(CCCc4ccnc5ccccc45)C[C@H](O)[C@H](C)C[C@@H]3CC=O)C(O)C2N(C)C)CC1(C)OC(C)=O. The van der Waals surface area contributed by atoms with Gasteiger partial charge in [0.1, 0.15) is 36.8 Å². The van der Waals surface area contributed by atoms with E-state index in [1.807, 2.05) is 37.4 Å². The molecule has 0 amide bonds. The van der Waals surface area contributed by atoms with Gasteiger partial charge in [-0.15, -0.1) is 0 Å². The Balaban J connectivity index is 1.44. The highest BCUT2D eigenvalue weighted by Crippen LogP contribution is 2.39. The van der Waals surface area contributed by atoms with Crippen LogP contribution in [0.3, 0.4) is 0 Å². The Morgan fingerprint density at radius 1 is 0.958 bits per heavy atom. The van der Waals surface area contributed by atoms with E-state index in [1.54, 1.807) is 60.5 Å². The van der Waals surface area contributed by atoms with E-state index in [2.05, 4.69) is 16.0 Å². The molecule has 16 atom stereocenters.